The molecule has 4 rings (SSSR count). The van der Waals surface area contributed by atoms with E-state index < -0.39 is 22.8 Å². The van der Waals surface area contributed by atoms with E-state index in [0.717, 1.165) is 23.9 Å². The predicted molar refractivity (Wildman–Crippen MR) is 121 cm³/mol. The number of hydrogen-bond donors (Lipinski definition) is 2. The first-order valence-corrected chi connectivity index (χ1v) is 10.9. The van der Waals surface area contributed by atoms with Crippen molar-refractivity contribution in [1.29, 1.82) is 0 Å². The van der Waals surface area contributed by atoms with Gasteiger partial charge in [0.2, 0.25) is 0 Å². The summed E-state index contributed by atoms with van der Waals surface area (Å²) in [5, 5.41) is 17.8. The number of nitrogens with one attached hydrogen (secondary N) is 1. The Labute approximate surface area is 189 Å². The molecule has 0 bridgehead atoms. The van der Waals surface area contributed by atoms with Crippen LogP contribution in [0.4, 0.5) is 4.39 Å². The van der Waals surface area contributed by atoms with Crippen LogP contribution in [0.2, 0.25) is 5.02 Å². The molecule has 3 aromatic rings. The van der Waals surface area contributed by atoms with Crippen LogP contribution in [0, 0.1) is 5.82 Å². The SMILES string of the molecule is O=C(NC1(CO)CCCCC1)c1cc(-c2ccc(Cl)cc2)nn(-c2cccc(F)c2)c1=O. The first-order valence-electron chi connectivity index (χ1n) is 10.5. The minimum absolute atomic E-state index is 0.132. The largest absolute Gasteiger partial charge is 0.394 e. The van der Waals surface area contributed by atoms with Crippen molar-refractivity contribution in [2.45, 2.75) is 37.6 Å². The van der Waals surface area contributed by atoms with Crippen LogP contribution in [-0.4, -0.2) is 32.9 Å². The molecule has 1 fully saturated rings. The van der Waals surface area contributed by atoms with Gasteiger partial charge in [-0.25, -0.2) is 4.39 Å². The molecular weight excluding hydrogens is 433 g/mol. The van der Waals surface area contributed by atoms with E-state index >= 15 is 0 Å². The number of aromatic nitrogens is 2. The molecule has 1 aliphatic rings. The van der Waals surface area contributed by atoms with E-state index in [1.165, 1.54) is 24.3 Å². The summed E-state index contributed by atoms with van der Waals surface area (Å²) in [7, 11) is 0. The van der Waals surface area contributed by atoms with Crippen molar-refractivity contribution in [1.82, 2.24) is 15.1 Å². The number of halogens is 2. The second-order valence-electron chi connectivity index (χ2n) is 8.10. The Bertz CT molecular complexity index is 1190. The van der Waals surface area contributed by atoms with Gasteiger partial charge in [0.15, 0.2) is 0 Å². The molecule has 32 heavy (non-hydrogen) atoms. The maximum atomic E-state index is 13.9. The Hall–Kier alpha value is -3.03. The zero-order chi connectivity index (χ0) is 22.7. The van der Waals surface area contributed by atoms with Crippen molar-refractivity contribution in [3.05, 3.63) is 81.4 Å². The molecule has 0 atom stereocenters. The summed E-state index contributed by atoms with van der Waals surface area (Å²) < 4.78 is 14.9. The van der Waals surface area contributed by atoms with Gasteiger partial charge >= 0.3 is 0 Å². The number of hydrogen-bond acceptors (Lipinski definition) is 4. The molecule has 1 heterocycles. The van der Waals surface area contributed by atoms with Crippen molar-refractivity contribution in [2.24, 2.45) is 0 Å². The van der Waals surface area contributed by atoms with Crippen molar-refractivity contribution in [2.75, 3.05) is 6.61 Å². The standard InChI is InChI=1S/C24H23ClFN3O3/c25-17-9-7-16(8-10-17)21-14-20(22(31)27-24(15-30)11-2-1-3-12-24)23(32)29(28-21)19-6-4-5-18(26)13-19/h4-10,13-14,30H,1-3,11-12,15H2,(H,27,31). The average molecular weight is 456 g/mol. The fourth-order valence-corrected chi connectivity index (χ4v) is 4.19. The minimum atomic E-state index is -0.755. The average Bonchev–Trinajstić information content (AvgIpc) is 2.80. The molecule has 8 heteroatoms. The molecule has 1 amide bonds. The van der Waals surface area contributed by atoms with Crippen molar-refractivity contribution in [3.8, 4) is 16.9 Å². The Balaban J connectivity index is 1.82. The lowest BCUT2D eigenvalue weighted by atomic mass is 9.82. The van der Waals surface area contributed by atoms with E-state index in [1.807, 2.05) is 0 Å². The summed E-state index contributed by atoms with van der Waals surface area (Å²) in [5.41, 5.74) is -0.355. The van der Waals surface area contributed by atoms with Crippen LogP contribution in [-0.2, 0) is 0 Å². The topological polar surface area (TPSA) is 84.2 Å². The second kappa shape index (κ2) is 9.22. The molecule has 1 aliphatic carbocycles. The molecule has 0 saturated heterocycles. The molecule has 2 aromatic carbocycles. The van der Waals surface area contributed by atoms with E-state index in [-0.39, 0.29) is 17.9 Å². The van der Waals surface area contributed by atoms with Gasteiger partial charge in [-0.2, -0.15) is 9.78 Å². The fraction of sp³-hybridized carbons (Fsp3) is 0.292. The van der Waals surface area contributed by atoms with Crippen molar-refractivity contribution in [3.63, 3.8) is 0 Å². The van der Waals surface area contributed by atoms with Gasteiger partial charge in [0.05, 0.1) is 23.5 Å². The van der Waals surface area contributed by atoms with Gasteiger partial charge in [0.25, 0.3) is 11.5 Å². The van der Waals surface area contributed by atoms with Gasteiger partial charge in [-0.15, -0.1) is 0 Å². The Morgan fingerprint density at radius 2 is 1.84 bits per heavy atom. The number of rotatable bonds is 5. The summed E-state index contributed by atoms with van der Waals surface area (Å²) in [6.07, 6.45) is 4.10. The van der Waals surface area contributed by atoms with Crippen LogP contribution < -0.4 is 10.9 Å². The second-order valence-corrected chi connectivity index (χ2v) is 8.54. The summed E-state index contributed by atoms with van der Waals surface area (Å²) in [5.74, 6) is -1.12. The van der Waals surface area contributed by atoms with Crippen LogP contribution in [0.5, 0.6) is 0 Å². The zero-order valence-corrected chi connectivity index (χ0v) is 18.1. The highest BCUT2D eigenvalue weighted by molar-refractivity contribution is 6.30. The Kier molecular flexibility index (Phi) is 6.39. The molecule has 6 nitrogen and oxygen atoms in total. The smallest absolute Gasteiger partial charge is 0.284 e. The summed E-state index contributed by atoms with van der Waals surface area (Å²) in [6.45, 7) is -0.202. The van der Waals surface area contributed by atoms with Gasteiger partial charge in [0.1, 0.15) is 11.4 Å². The van der Waals surface area contributed by atoms with Gasteiger partial charge in [-0.3, -0.25) is 9.59 Å². The number of aliphatic hydroxyl groups excluding tert-OH is 1. The lowest BCUT2D eigenvalue weighted by Crippen LogP contribution is -2.53. The number of amides is 1. The Morgan fingerprint density at radius 3 is 2.50 bits per heavy atom. The summed E-state index contributed by atoms with van der Waals surface area (Å²) in [4.78, 5) is 26.5. The third-order valence-corrected chi connectivity index (χ3v) is 6.09. The molecule has 2 N–H and O–H groups in total. The third-order valence-electron chi connectivity index (χ3n) is 5.84. The number of aliphatic hydroxyl groups is 1. The highest BCUT2D eigenvalue weighted by Crippen LogP contribution is 2.28. The van der Waals surface area contributed by atoms with Gasteiger partial charge < -0.3 is 10.4 Å². The predicted octanol–water partition coefficient (Wildman–Crippen LogP) is 4.12. The van der Waals surface area contributed by atoms with Gasteiger partial charge in [-0.05, 0) is 49.2 Å². The lowest BCUT2D eigenvalue weighted by molar-refractivity contribution is 0.0756. The van der Waals surface area contributed by atoms with Crippen molar-refractivity contribution >= 4 is 17.5 Å². The van der Waals surface area contributed by atoms with E-state index in [9.17, 15) is 19.1 Å². The number of carbonyl (C=O) groups excluding carboxylic acids is 1. The molecule has 0 aliphatic heterocycles. The van der Waals surface area contributed by atoms with E-state index in [0.29, 0.717) is 29.1 Å². The molecule has 0 unspecified atom stereocenters. The molecule has 1 aromatic heterocycles. The van der Waals surface area contributed by atoms with Crippen LogP contribution in [0.25, 0.3) is 16.9 Å². The number of carbonyl (C=O) groups is 1. The van der Waals surface area contributed by atoms with Gasteiger partial charge in [-0.1, -0.05) is 49.1 Å². The maximum Gasteiger partial charge on any atom is 0.284 e. The highest BCUT2D eigenvalue weighted by atomic mass is 35.5. The van der Waals surface area contributed by atoms with Gasteiger partial charge in [0, 0.05) is 10.6 Å². The van der Waals surface area contributed by atoms with E-state index in [1.54, 1.807) is 30.3 Å². The normalized spacial score (nSPS) is 15.3. The minimum Gasteiger partial charge on any atom is -0.394 e. The van der Waals surface area contributed by atoms with Crippen LogP contribution in [0.15, 0.2) is 59.4 Å². The third kappa shape index (κ3) is 4.59. The van der Waals surface area contributed by atoms with Crippen LogP contribution in [0.1, 0.15) is 42.5 Å². The highest BCUT2D eigenvalue weighted by Gasteiger charge is 2.34. The monoisotopic (exact) mass is 455 g/mol. The quantitative estimate of drug-likeness (QED) is 0.606. The number of benzene rings is 2. The van der Waals surface area contributed by atoms with Crippen molar-refractivity contribution < 1.29 is 14.3 Å². The molecule has 1 saturated carbocycles. The summed E-state index contributed by atoms with van der Waals surface area (Å²) >= 11 is 5.99. The molecule has 166 valence electrons. The first kappa shape index (κ1) is 22.2. The summed E-state index contributed by atoms with van der Waals surface area (Å²) in [6, 6.07) is 13.7. The molecule has 0 radical (unpaired) electrons. The molecule has 0 spiro atoms. The van der Waals surface area contributed by atoms with Crippen LogP contribution >= 0.6 is 11.6 Å². The molecular formula is C24H23ClFN3O3. The van der Waals surface area contributed by atoms with Crippen LogP contribution in [0.3, 0.4) is 0 Å². The maximum absolute atomic E-state index is 13.9. The zero-order valence-electron chi connectivity index (χ0n) is 17.4. The van der Waals surface area contributed by atoms with E-state index in [2.05, 4.69) is 10.4 Å². The first-order chi connectivity index (χ1) is 15.4. The van der Waals surface area contributed by atoms with E-state index in [4.69, 9.17) is 11.6 Å². The Morgan fingerprint density at radius 1 is 1.12 bits per heavy atom. The fourth-order valence-electron chi connectivity index (χ4n) is 4.06. The number of nitrogens with zero attached hydrogens (tertiary/aromatic N) is 2. The lowest BCUT2D eigenvalue weighted by Gasteiger charge is -2.36.